The number of nitrogens with zero attached hydrogens (tertiary/aromatic N) is 1. The fourth-order valence-corrected chi connectivity index (χ4v) is 1.25. The first-order valence-corrected chi connectivity index (χ1v) is 3.64. The molecule has 0 spiro atoms. The van der Waals surface area contributed by atoms with Gasteiger partial charge >= 0.3 is 0 Å². The Bertz CT molecular complexity index is 313. The van der Waals surface area contributed by atoms with Gasteiger partial charge in [-0.15, -0.1) is 5.26 Å². The quantitative estimate of drug-likeness (QED) is 0.591. The summed E-state index contributed by atoms with van der Waals surface area (Å²) in [6.07, 6.45) is 1.66. The first-order chi connectivity index (χ1) is 5.65. The van der Waals surface area contributed by atoms with Gasteiger partial charge in [0, 0.05) is 0 Å². The van der Waals surface area contributed by atoms with Crippen molar-refractivity contribution in [1.29, 1.82) is 5.26 Å². The van der Waals surface area contributed by atoms with Crippen LogP contribution in [0.4, 0.5) is 0 Å². The van der Waals surface area contributed by atoms with E-state index in [1.807, 2.05) is 26.0 Å². The van der Waals surface area contributed by atoms with Gasteiger partial charge in [0.25, 0.3) is 6.26 Å². The normalized spacial score (nSPS) is 9.17. The number of ether oxygens (including phenoxy) is 1. The van der Waals surface area contributed by atoms with Crippen LogP contribution in [0.5, 0.6) is 5.75 Å². The molecule has 0 fully saturated rings. The zero-order chi connectivity index (χ0) is 9.14. The van der Waals surface area contributed by atoms with Crippen LogP contribution in [0, 0.1) is 32.3 Å². The SMILES string of the molecule is [CH2]c1cc(C)c(OC#N)c(C)c1. The van der Waals surface area contributed by atoms with Crippen molar-refractivity contribution >= 4 is 0 Å². The predicted octanol–water partition coefficient (Wildman–Crippen LogP) is 2.35. The summed E-state index contributed by atoms with van der Waals surface area (Å²) in [4.78, 5) is 0. The van der Waals surface area contributed by atoms with Crippen LogP contribution >= 0.6 is 0 Å². The van der Waals surface area contributed by atoms with E-state index in [0.29, 0.717) is 5.75 Å². The Morgan fingerprint density at radius 3 is 2.25 bits per heavy atom. The Morgan fingerprint density at radius 2 is 1.83 bits per heavy atom. The summed E-state index contributed by atoms with van der Waals surface area (Å²) < 4.78 is 4.80. The zero-order valence-corrected chi connectivity index (χ0v) is 7.22. The third-order valence-electron chi connectivity index (χ3n) is 1.67. The van der Waals surface area contributed by atoms with Crippen LogP contribution in [0.1, 0.15) is 16.7 Å². The van der Waals surface area contributed by atoms with E-state index in [4.69, 9.17) is 10.00 Å². The number of hydrogen-bond acceptors (Lipinski definition) is 2. The maximum atomic E-state index is 8.35. The van der Waals surface area contributed by atoms with Gasteiger partial charge in [0.1, 0.15) is 5.75 Å². The van der Waals surface area contributed by atoms with E-state index in [9.17, 15) is 0 Å². The van der Waals surface area contributed by atoms with Crippen molar-refractivity contribution in [3.63, 3.8) is 0 Å². The maximum Gasteiger partial charge on any atom is 0.292 e. The lowest BCUT2D eigenvalue weighted by atomic mass is 10.1. The van der Waals surface area contributed by atoms with Gasteiger partial charge in [0.05, 0.1) is 0 Å². The first kappa shape index (κ1) is 8.61. The highest BCUT2D eigenvalue weighted by atomic mass is 16.5. The second kappa shape index (κ2) is 3.27. The van der Waals surface area contributed by atoms with Crippen LogP contribution in [0.15, 0.2) is 12.1 Å². The molecular formula is C10H10NO. The van der Waals surface area contributed by atoms with Crippen LogP contribution < -0.4 is 4.74 Å². The van der Waals surface area contributed by atoms with Crippen molar-refractivity contribution in [2.45, 2.75) is 13.8 Å². The molecule has 12 heavy (non-hydrogen) atoms. The molecule has 0 saturated carbocycles. The Hall–Kier alpha value is -1.49. The minimum absolute atomic E-state index is 0.643. The molecular weight excluding hydrogens is 150 g/mol. The molecule has 0 N–H and O–H groups in total. The van der Waals surface area contributed by atoms with Crippen molar-refractivity contribution in [1.82, 2.24) is 0 Å². The average molecular weight is 160 g/mol. The van der Waals surface area contributed by atoms with Gasteiger partial charge < -0.3 is 4.74 Å². The van der Waals surface area contributed by atoms with Crippen LogP contribution in [0.25, 0.3) is 0 Å². The number of rotatable bonds is 1. The number of nitriles is 1. The molecule has 1 rings (SSSR count). The highest BCUT2D eigenvalue weighted by molar-refractivity contribution is 5.44. The number of benzene rings is 1. The molecule has 2 heteroatoms. The Balaban J connectivity index is 3.21. The van der Waals surface area contributed by atoms with Crippen molar-refractivity contribution in [2.75, 3.05) is 0 Å². The predicted molar refractivity (Wildman–Crippen MR) is 46.6 cm³/mol. The van der Waals surface area contributed by atoms with E-state index in [1.54, 1.807) is 6.26 Å². The molecule has 0 aliphatic heterocycles. The summed E-state index contributed by atoms with van der Waals surface area (Å²) in [5.41, 5.74) is 2.83. The Kier molecular flexibility index (Phi) is 2.35. The zero-order valence-electron chi connectivity index (χ0n) is 7.22. The summed E-state index contributed by atoms with van der Waals surface area (Å²) >= 11 is 0. The standard InChI is InChI=1S/C10H10NO/c1-7-4-8(2)10(12-6-11)9(3)5-7/h4-5H,1H2,2-3H3. The third kappa shape index (κ3) is 1.57. The second-order valence-electron chi connectivity index (χ2n) is 2.75. The van der Waals surface area contributed by atoms with Crippen LogP contribution in [0.2, 0.25) is 0 Å². The Labute approximate surface area is 72.4 Å². The summed E-state index contributed by atoms with van der Waals surface area (Å²) in [6.45, 7) is 7.60. The van der Waals surface area contributed by atoms with E-state index in [-0.39, 0.29) is 0 Å². The molecule has 0 atom stereocenters. The highest BCUT2D eigenvalue weighted by Gasteiger charge is 2.03. The molecule has 0 aromatic heterocycles. The first-order valence-electron chi connectivity index (χ1n) is 3.64. The fourth-order valence-electron chi connectivity index (χ4n) is 1.25. The second-order valence-corrected chi connectivity index (χ2v) is 2.75. The highest BCUT2D eigenvalue weighted by Crippen LogP contribution is 2.23. The van der Waals surface area contributed by atoms with Gasteiger partial charge in [0.2, 0.25) is 0 Å². The minimum atomic E-state index is 0.643. The summed E-state index contributed by atoms with van der Waals surface area (Å²) in [5.74, 6) is 0.643. The largest absolute Gasteiger partial charge is 0.387 e. The Morgan fingerprint density at radius 1 is 1.33 bits per heavy atom. The molecule has 61 valence electrons. The lowest BCUT2D eigenvalue weighted by molar-refractivity contribution is 0.499. The molecule has 0 amide bonds. The van der Waals surface area contributed by atoms with E-state index in [0.717, 1.165) is 16.7 Å². The number of aryl methyl sites for hydroxylation is 2. The van der Waals surface area contributed by atoms with Gasteiger partial charge in [-0.2, -0.15) is 0 Å². The summed E-state index contributed by atoms with van der Waals surface area (Å²) in [6, 6.07) is 3.78. The van der Waals surface area contributed by atoms with Gasteiger partial charge in [-0.05, 0) is 37.5 Å². The van der Waals surface area contributed by atoms with Gasteiger partial charge in [0.15, 0.2) is 0 Å². The van der Waals surface area contributed by atoms with Crippen molar-refractivity contribution in [3.8, 4) is 12.0 Å². The average Bonchev–Trinajstić information content (AvgIpc) is 1.96. The molecule has 1 aromatic carbocycles. The van der Waals surface area contributed by atoms with Crippen LogP contribution in [-0.4, -0.2) is 0 Å². The van der Waals surface area contributed by atoms with Crippen molar-refractivity contribution in [3.05, 3.63) is 35.7 Å². The van der Waals surface area contributed by atoms with E-state index >= 15 is 0 Å². The molecule has 0 aliphatic carbocycles. The van der Waals surface area contributed by atoms with Crippen molar-refractivity contribution in [2.24, 2.45) is 0 Å². The third-order valence-corrected chi connectivity index (χ3v) is 1.67. The van der Waals surface area contributed by atoms with Gasteiger partial charge in [-0.3, -0.25) is 0 Å². The fraction of sp³-hybridized carbons (Fsp3) is 0.200. The molecule has 0 heterocycles. The topological polar surface area (TPSA) is 33.0 Å². The summed E-state index contributed by atoms with van der Waals surface area (Å²) in [7, 11) is 0. The molecule has 1 aromatic rings. The molecule has 0 saturated heterocycles. The van der Waals surface area contributed by atoms with E-state index in [1.165, 1.54) is 0 Å². The van der Waals surface area contributed by atoms with Gasteiger partial charge in [-0.1, -0.05) is 12.1 Å². The monoisotopic (exact) mass is 160 g/mol. The van der Waals surface area contributed by atoms with Crippen LogP contribution in [0.3, 0.4) is 0 Å². The molecule has 0 aliphatic rings. The van der Waals surface area contributed by atoms with Crippen molar-refractivity contribution < 1.29 is 4.74 Å². The molecule has 2 nitrogen and oxygen atoms in total. The molecule has 0 bridgehead atoms. The lowest BCUT2D eigenvalue weighted by Crippen LogP contribution is -1.91. The molecule has 0 unspecified atom stereocenters. The van der Waals surface area contributed by atoms with E-state index < -0.39 is 0 Å². The number of hydrogen-bond donors (Lipinski definition) is 0. The van der Waals surface area contributed by atoms with Gasteiger partial charge in [-0.25, -0.2) is 0 Å². The lowest BCUT2D eigenvalue weighted by Gasteiger charge is -2.06. The maximum absolute atomic E-state index is 8.35. The smallest absolute Gasteiger partial charge is 0.292 e. The van der Waals surface area contributed by atoms with E-state index in [2.05, 4.69) is 6.92 Å². The van der Waals surface area contributed by atoms with Crippen LogP contribution in [-0.2, 0) is 0 Å². The summed E-state index contributed by atoms with van der Waals surface area (Å²) in [5, 5.41) is 8.35. The minimum Gasteiger partial charge on any atom is -0.387 e. The molecule has 1 radical (unpaired) electrons.